The van der Waals surface area contributed by atoms with E-state index in [1.54, 1.807) is 0 Å². The lowest BCUT2D eigenvalue weighted by molar-refractivity contribution is -0.114. The van der Waals surface area contributed by atoms with Crippen molar-refractivity contribution in [3.8, 4) is 0 Å². The Hall–Kier alpha value is -2.09. The van der Waals surface area contributed by atoms with Crippen LogP contribution in [0.5, 0.6) is 0 Å². The number of rotatable bonds is 7. The molecule has 2 aromatic rings. The Labute approximate surface area is 179 Å². The molecule has 6 heteroatoms. The zero-order chi connectivity index (χ0) is 18.8. The van der Waals surface area contributed by atoms with Gasteiger partial charge in [0.1, 0.15) is 6.54 Å². The minimum Gasteiger partial charge on any atom is -0.357 e. The topological polar surface area (TPSA) is 65.5 Å². The summed E-state index contributed by atoms with van der Waals surface area (Å²) in [6, 6.07) is 19.7. The molecule has 0 unspecified atom stereocenters. The minimum atomic E-state index is -0.143. The van der Waals surface area contributed by atoms with Gasteiger partial charge in [-0.05, 0) is 24.6 Å². The molecule has 0 radical (unpaired) electrons. The molecule has 0 aliphatic heterocycles. The molecule has 0 aliphatic carbocycles. The molecule has 0 heterocycles. The molecule has 0 saturated carbocycles. The van der Waals surface area contributed by atoms with E-state index in [1.807, 2.05) is 55.5 Å². The molecule has 2 aromatic carbocycles. The van der Waals surface area contributed by atoms with E-state index in [2.05, 4.69) is 46.9 Å². The maximum atomic E-state index is 12.1. The average molecular weight is 480 g/mol. The molecule has 2 rings (SSSR count). The molecule has 0 bridgehead atoms. The van der Waals surface area contributed by atoms with Gasteiger partial charge >= 0.3 is 0 Å². The number of aliphatic imine (C=N–C) groups is 1. The van der Waals surface area contributed by atoms with E-state index < -0.39 is 0 Å². The predicted molar refractivity (Wildman–Crippen MR) is 124 cm³/mol. The summed E-state index contributed by atoms with van der Waals surface area (Å²) in [7, 11) is 0. The summed E-state index contributed by atoms with van der Waals surface area (Å²) in [6.45, 7) is 7.88. The quantitative estimate of drug-likeness (QED) is 0.321. The molecule has 0 aliphatic rings. The smallest absolute Gasteiger partial charge is 0.246 e. The summed E-state index contributed by atoms with van der Waals surface area (Å²) in [4.78, 5) is 16.5. The van der Waals surface area contributed by atoms with Crippen molar-refractivity contribution in [1.82, 2.24) is 10.6 Å². The van der Waals surface area contributed by atoms with Crippen molar-refractivity contribution in [3.63, 3.8) is 0 Å². The van der Waals surface area contributed by atoms with E-state index in [0.717, 1.165) is 12.2 Å². The molecular weight excluding hydrogens is 451 g/mol. The Morgan fingerprint density at radius 3 is 2.15 bits per heavy atom. The van der Waals surface area contributed by atoms with E-state index in [1.165, 1.54) is 5.56 Å². The first-order valence-corrected chi connectivity index (χ1v) is 8.94. The molecule has 0 atom stereocenters. The summed E-state index contributed by atoms with van der Waals surface area (Å²) >= 11 is 0. The number of hydrogen-bond acceptors (Lipinski definition) is 2. The minimum absolute atomic E-state index is 0. The molecule has 3 N–H and O–H groups in total. The molecule has 0 fully saturated rings. The Morgan fingerprint density at radius 1 is 0.963 bits per heavy atom. The second-order valence-electron chi connectivity index (χ2n) is 6.71. The summed E-state index contributed by atoms with van der Waals surface area (Å²) < 4.78 is 0. The van der Waals surface area contributed by atoms with E-state index in [-0.39, 0.29) is 41.8 Å². The molecule has 0 aromatic heterocycles. The van der Waals surface area contributed by atoms with E-state index in [0.29, 0.717) is 12.5 Å². The van der Waals surface area contributed by atoms with Crippen molar-refractivity contribution in [2.45, 2.75) is 26.2 Å². The molecule has 5 nitrogen and oxygen atoms in total. The molecule has 146 valence electrons. The lowest BCUT2D eigenvalue weighted by Gasteiger charge is -2.26. The fourth-order valence-electron chi connectivity index (χ4n) is 2.51. The lowest BCUT2D eigenvalue weighted by Crippen LogP contribution is -2.43. The van der Waals surface area contributed by atoms with Gasteiger partial charge in [0.15, 0.2) is 5.96 Å². The lowest BCUT2D eigenvalue weighted by atomic mass is 9.85. The average Bonchev–Trinajstić information content (AvgIpc) is 2.65. The van der Waals surface area contributed by atoms with Crippen molar-refractivity contribution in [2.24, 2.45) is 4.99 Å². The Kier molecular flexibility index (Phi) is 9.85. The van der Waals surface area contributed by atoms with Crippen molar-refractivity contribution < 1.29 is 4.79 Å². The van der Waals surface area contributed by atoms with E-state index in [4.69, 9.17) is 0 Å². The maximum Gasteiger partial charge on any atom is 0.246 e. The molecule has 0 saturated heterocycles. The van der Waals surface area contributed by atoms with Crippen molar-refractivity contribution in [1.29, 1.82) is 0 Å². The van der Waals surface area contributed by atoms with Gasteiger partial charge in [-0.25, -0.2) is 4.99 Å². The molecular formula is C21H29IN4O. The summed E-state index contributed by atoms with van der Waals surface area (Å²) in [5.41, 5.74) is 1.98. The largest absolute Gasteiger partial charge is 0.357 e. The SMILES string of the molecule is CCNC(=NCC(=O)Nc1ccccc1)NCC(C)(C)c1ccccc1.I. The first-order valence-electron chi connectivity index (χ1n) is 8.94. The van der Waals surface area contributed by atoms with Crippen LogP contribution < -0.4 is 16.0 Å². The number of hydrogen-bond donors (Lipinski definition) is 3. The zero-order valence-electron chi connectivity index (χ0n) is 16.2. The Bertz CT molecular complexity index is 717. The first-order chi connectivity index (χ1) is 12.5. The number of nitrogens with one attached hydrogen (secondary N) is 3. The summed E-state index contributed by atoms with van der Waals surface area (Å²) in [6.07, 6.45) is 0. The van der Waals surface area contributed by atoms with Crippen LogP contribution in [0.1, 0.15) is 26.3 Å². The summed E-state index contributed by atoms with van der Waals surface area (Å²) in [5, 5.41) is 9.36. The molecule has 0 spiro atoms. The van der Waals surface area contributed by atoms with Gasteiger partial charge < -0.3 is 16.0 Å². The number of carbonyl (C=O) groups is 1. The highest BCUT2D eigenvalue weighted by Gasteiger charge is 2.20. The third kappa shape index (κ3) is 7.99. The third-order valence-corrected chi connectivity index (χ3v) is 4.04. The van der Waals surface area contributed by atoms with Crippen LogP contribution in [0.15, 0.2) is 65.7 Å². The number of nitrogens with zero attached hydrogens (tertiary/aromatic N) is 1. The number of carbonyl (C=O) groups excluding carboxylic acids is 1. The van der Waals surface area contributed by atoms with Crippen molar-refractivity contribution >= 4 is 41.5 Å². The number of halogens is 1. The second kappa shape index (κ2) is 11.6. The van der Waals surface area contributed by atoms with Gasteiger partial charge in [-0.15, -0.1) is 24.0 Å². The zero-order valence-corrected chi connectivity index (χ0v) is 18.5. The second-order valence-corrected chi connectivity index (χ2v) is 6.71. The van der Waals surface area contributed by atoms with Gasteiger partial charge in [0.2, 0.25) is 5.91 Å². The van der Waals surface area contributed by atoms with E-state index in [9.17, 15) is 4.79 Å². The van der Waals surface area contributed by atoms with Crippen LogP contribution in [-0.4, -0.2) is 31.5 Å². The molecule has 27 heavy (non-hydrogen) atoms. The van der Waals surface area contributed by atoms with Gasteiger partial charge in [-0.2, -0.15) is 0 Å². The van der Waals surface area contributed by atoms with Gasteiger partial charge in [-0.1, -0.05) is 62.4 Å². The number of guanidine groups is 1. The van der Waals surface area contributed by atoms with Crippen molar-refractivity contribution in [3.05, 3.63) is 66.2 Å². The highest BCUT2D eigenvalue weighted by atomic mass is 127. The standard InChI is InChI=1S/C21H28N4O.HI/c1-4-22-20(23-15-19(26)25-18-13-9-6-10-14-18)24-16-21(2,3)17-11-7-5-8-12-17;/h5-14H,4,15-16H2,1-3H3,(H,25,26)(H2,22,23,24);1H. The monoisotopic (exact) mass is 480 g/mol. The number of para-hydroxylation sites is 1. The number of benzene rings is 2. The van der Waals surface area contributed by atoms with Gasteiger partial charge in [0.25, 0.3) is 0 Å². The summed E-state index contributed by atoms with van der Waals surface area (Å²) in [5.74, 6) is 0.496. The van der Waals surface area contributed by atoms with Crippen LogP contribution in [0, 0.1) is 0 Å². The predicted octanol–water partition coefficient (Wildman–Crippen LogP) is 3.78. The van der Waals surface area contributed by atoms with E-state index >= 15 is 0 Å². The van der Waals surface area contributed by atoms with Gasteiger partial charge in [-0.3, -0.25) is 4.79 Å². The Morgan fingerprint density at radius 2 is 1.56 bits per heavy atom. The third-order valence-electron chi connectivity index (χ3n) is 4.04. The van der Waals surface area contributed by atoms with Crippen molar-refractivity contribution in [2.75, 3.05) is 25.0 Å². The molecule has 1 amide bonds. The van der Waals surface area contributed by atoms with Crippen LogP contribution in [-0.2, 0) is 10.2 Å². The van der Waals surface area contributed by atoms with Gasteiger partial charge in [0, 0.05) is 24.2 Å². The highest BCUT2D eigenvalue weighted by Crippen LogP contribution is 2.21. The first kappa shape index (κ1) is 23.0. The van der Waals surface area contributed by atoms with Gasteiger partial charge in [0.05, 0.1) is 0 Å². The van der Waals surface area contributed by atoms with Crippen LogP contribution in [0.4, 0.5) is 5.69 Å². The van der Waals surface area contributed by atoms with Crippen LogP contribution in [0.2, 0.25) is 0 Å². The maximum absolute atomic E-state index is 12.1. The fourth-order valence-corrected chi connectivity index (χ4v) is 2.51. The van der Waals surface area contributed by atoms with Crippen LogP contribution in [0.25, 0.3) is 0 Å². The number of amides is 1. The normalized spacial score (nSPS) is 11.3. The number of anilines is 1. The fraction of sp³-hybridized carbons (Fsp3) is 0.333. The van der Waals surface area contributed by atoms with Crippen LogP contribution >= 0.6 is 24.0 Å². The highest BCUT2D eigenvalue weighted by molar-refractivity contribution is 14.0. The van der Waals surface area contributed by atoms with Crippen LogP contribution in [0.3, 0.4) is 0 Å². The Balaban J connectivity index is 0.00000364.